The highest BCUT2D eigenvalue weighted by Crippen LogP contribution is 2.56. The molecular weight excluding hydrogens is 1020 g/mol. The number of rotatable bonds is 18. The van der Waals surface area contributed by atoms with Crippen LogP contribution in [-0.4, -0.2) is 178 Å². The number of methoxy groups -OCH3 is 2. The zero-order chi connectivity index (χ0) is 55.0. The number of fused-ring (bicyclic) bond motifs is 5. The number of ether oxygens (including phenoxy) is 4. The van der Waals surface area contributed by atoms with Gasteiger partial charge in [-0.2, -0.15) is 0 Å². The minimum absolute atomic E-state index is 0.000645. The molecule has 77 heavy (non-hydrogen) atoms. The number of amidine groups is 2. The van der Waals surface area contributed by atoms with Gasteiger partial charge in [0.2, 0.25) is 12.8 Å². The van der Waals surface area contributed by atoms with Crippen LogP contribution >= 0.6 is 11.3 Å². The third kappa shape index (κ3) is 11.0. The molecular formula is C56H88F3N9O8S. The molecule has 0 saturated carbocycles. The fraction of sp³-hybridized carbons (Fsp3) is 0.821. The Morgan fingerprint density at radius 1 is 0.896 bits per heavy atom. The van der Waals surface area contributed by atoms with Gasteiger partial charge < -0.3 is 50.0 Å². The van der Waals surface area contributed by atoms with Crippen molar-refractivity contribution in [1.82, 2.24) is 36.0 Å². The summed E-state index contributed by atoms with van der Waals surface area (Å²) in [5, 5.41) is 59.2. The summed E-state index contributed by atoms with van der Waals surface area (Å²) < 4.78 is 69.2. The Hall–Kier alpha value is -2.61. The number of hydrogen-bond donors (Lipinski definition) is 8. The van der Waals surface area contributed by atoms with Gasteiger partial charge in [-0.25, -0.2) is 13.2 Å². The summed E-state index contributed by atoms with van der Waals surface area (Å²) in [6.07, 6.45) is 2.57. The number of aliphatic imine (C=N–C) groups is 2. The zero-order valence-corrected chi connectivity index (χ0v) is 47.5. The molecule has 432 valence electrons. The van der Waals surface area contributed by atoms with Crippen LogP contribution in [0.25, 0.3) is 0 Å². The molecule has 0 spiro atoms. The Kier molecular flexibility index (Phi) is 17.2. The maximum atomic E-state index is 17.3. The van der Waals surface area contributed by atoms with E-state index in [-0.39, 0.29) is 82.7 Å². The predicted octanol–water partition coefficient (Wildman–Crippen LogP) is 5.69. The summed E-state index contributed by atoms with van der Waals surface area (Å²) in [6, 6.07) is 1.64. The lowest BCUT2D eigenvalue weighted by Gasteiger charge is -2.51. The summed E-state index contributed by atoms with van der Waals surface area (Å²) in [5.74, 6) is 0.991. The van der Waals surface area contributed by atoms with E-state index in [1.54, 1.807) is 12.1 Å². The van der Waals surface area contributed by atoms with Crippen LogP contribution in [0.1, 0.15) is 136 Å². The molecule has 1 aromatic rings. The van der Waals surface area contributed by atoms with Crippen molar-refractivity contribution >= 4 is 23.0 Å². The smallest absolute Gasteiger partial charge is 0.272 e. The molecule has 21 atom stereocenters. The summed E-state index contributed by atoms with van der Waals surface area (Å²) in [7, 11) is 2.84. The van der Waals surface area contributed by atoms with Crippen molar-refractivity contribution in [1.29, 1.82) is 0 Å². The van der Waals surface area contributed by atoms with Crippen molar-refractivity contribution in [2.24, 2.45) is 45.5 Å². The van der Waals surface area contributed by atoms with Gasteiger partial charge in [0.1, 0.15) is 36.2 Å². The topological polar surface area (TPSA) is 200 Å². The fourth-order valence-corrected chi connectivity index (χ4v) is 16.7. The van der Waals surface area contributed by atoms with Crippen LogP contribution in [0.15, 0.2) is 45.7 Å². The highest BCUT2D eigenvalue weighted by Gasteiger charge is 2.61. The van der Waals surface area contributed by atoms with Crippen LogP contribution in [0.4, 0.5) is 13.2 Å². The molecule has 10 rings (SSSR count). The first-order valence-electron chi connectivity index (χ1n) is 28.6. The quantitative estimate of drug-likeness (QED) is 0.0658. The van der Waals surface area contributed by atoms with E-state index >= 15 is 4.39 Å². The molecule has 2 aliphatic carbocycles. The van der Waals surface area contributed by atoms with Crippen LogP contribution in [-0.2, 0) is 18.9 Å². The van der Waals surface area contributed by atoms with Crippen molar-refractivity contribution in [2.75, 3.05) is 33.9 Å². The average Bonchev–Trinajstić information content (AvgIpc) is 4.33. The normalized spacial score (nSPS) is 39.9. The molecule has 0 amide bonds. The lowest BCUT2D eigenvalue weighted by molar-refractivity contribution is -0.198. The third-order valence-electron chi connectivity index (χ3n) is 19.7. The van der Waals surface area contributed by atoms with Gasteiger partial charge in [-0.3, -0.25) is 35.3 Å². The van der Waals surface area contributed by atoms with Crippen LogP contribution in [0.2, 0.25) is 0 Å². The van der Waals surface area contributed by atoms with E-state index < -0.39 is 73.1 Å². The number of aliphatic hydroxyl groups excluding tert-OH is 4. The number of halogens is 3. The number of nitrogens with zero attached hydrogens (tertiary/aromatic N) is 5. The highest BCUT2D eigenvalue weighted by atomic mass is 32.1. The summed E-state index contributed by atoms with van der Waals surface area (Å²) >= 11 is 1.08. The highest BCUT2D eigenvalue weighted by molar-refractivity contribution is 7.12. The van der Waals surface area contributed by atoms with Gasteiger partial charge in [-0.15, -0.1) is 11.3 Å². The van der Waals surface area contributed by atoms with Crippen molar-refractivity contribution in [2.45, 2.75) is 223 Å². The molecule has 9 aliphatic rings. The van der Waals surface area contributed by atoms with Crippen LogP contribution < -0.4 is 21.3 Å². The van der Waals surface area contributed by atoms with Gasteiger partial charge in [-0.05, 0) is 140 Å². The molecule has 17 nitrogen and oxygen atoms in total. The lowest BCUT2D eigenvalue weighted by Crippen LogP contribution is -2.68. The molecule has 9 unspecified atom stereocenters. The Morgan fingerprint density at radius 2 is 1.62 bits per heavy atom. The second kappa shape index (κ2) is 23.0. The summed E-state index contributed by atoms with van der Waals surface area (Å²) in [5.41, 5.74) is 0.136. The molecule has 0 aromatic carbocycles. The van der Waals surface area contributed by atoms with E-state index in [2.05, 4.69) is 78.7 Å². The first-order chi connectivity index (χ1) is 36.6. The number of alkyl halides is 2. The minimum Gasteiger partial charge on any atom is -0.377 e. The summed E-state index contributed by atoms with van der Waals surface area (Å²) in [6.45, 7) is 18.5. The van der Waals surface area contributed by atoms with Crippen molar-refractivity contribution in [3.05, 3.63) is 45.4 Å². The van der Waals surface area contributed by atoms with E-state index in [1.165, 1.54) is 25.9 Å². The maximum absolute atomic E-state index is 17.3. The van der Waals surface area contributed by atoms with Gasteiger partial charge in [0.15, 0.2) is 0 Å². The molecule has 8 heterocycles. The second-order valence-corrected chi connectivity index (χ2v) is 26.3. The van der Waals surface area contributed by atoms with Crippen molar-refractivity contribution in [3.8, 4) is 0 Å². The molecule has 0 bridgehead atoms. The Morgan fingerprint density at radius 3 is 2.31 bits per heavy atom. The number of hydrogen-bond acceptors (Lipinski definition) is 18. The fourth-order valence-electron chi connectivity index (χ4n) is 15.8. The number of likely N-dealkylation sites (tertiary alicyclic amines) is 2. The lowest BCUT2D eigenvalue weighted by atomic mass is 9.75. The number of thiophene rings is 1. The molecule has 8 N–H and O–H groups in total. The number of aliphatic hydroxyl groups is 4. The van der Waals surface area contributed by atoms with E-state index in [4.69, 9.17) is 28.9 Å². The third-order valence-corrected chi connectivity index (χ3v) is 20.8. The van der Waals surface area contributed by atoms with Gasteiger partial charge in [0.25, 0.3) is 6.43 Å². The largest absolute Gasteiger partial charge is 0.377 e. The van der Waals surface area contributed by atoms with E-state index in [1.807, 2.05) is 18.7 Å². The molecule has 7 aliphatic heterocycles. The molecule has 5 fully saturated rings. The Bertz CT molecular complexity index is 2350. The molecule has 5 saturated heterocycles. The van der Waals surface area contributed by atoms with E-state index in [0.29, 0.717) is 37.4 Å². The van der Waals surface area contributed by atoms with Gasteiger partial charge in [0.05, 0.1) is 77.9 Å². The van der Waals surface area contributed by atoms with Gasteiger partial charge in [-0.1, -0.05) is 26.8 Å². The first kappa shape index (κ1) is 57.6. The minimum atomic E-state index is -2.61. The second-order valence-electron chi connectivity index (χ2n) is 25.1. The molecule has 21 heteroatoms. The van der Waals surface area contributed by atoms with Crippen molar-refractivity contribution < 1.29 is 52.5 Å². The zero-order valence-electron chi connectivity index (χ0n) is 46.7. The van der Waals surface area contributed by atoms with Gasteiger partial charge in [0, 0.05) is 49.2 Å². The predicted molar refractivity (Wildman–Crippen MR) is 288 cm³/mol. The Labute approximate surface area is 457 Å². The molecule has 1 aromatic heterocycles. The maximum Gasteiger partial charge on any atom is 0.272 e. The van der Waals surface area contributed by atoms with E-state index in [9.17, 15) is 29.2 Å². The van der Waals surface area contributed by atoms with Crippen LogP contribution in [0.3, 0.4) is 0 Å². The van der Waals surface area contributed by atoms with E-state index in [0.717, 1.165) is 68.0 Å². The SMILES string of the molecule is COC(O)N[C@@H](C(C)C)[C@H](O)N1CCC[C@H]1C1=NCC([C@@H]2C=C(F)[C@H]3C(C2)OC(c2ccc(C(F)F)s2)N2C4CC=C([C@H]5CN=C([C@@]6(C)CC(C)C(C)(C)N6C(O)C(N[C@H](O)OC)C6C[C@@H](C)O[C@@H](C)C6)N5)C[C@H]4C[C@@H]32)N1. The van der Waals surface area contributed by atoms with Crippen LogP contribution in [0, 0.1) is 35.5 Å². The Balaban J connectivity index is 0.850. The standard InChI is InChI=1S/C56H88F3N9O8S/c1-27(2)45(64-53(71)73-9)49(69)66-17-11-12-39(66)48-60-25-37(62-48)32-21-35(57)44-40-22-33-20-31(13-14-38(33)67(40)51(76-41(44)23-32)43-16-15-42(77-43)47(58)59)36-26-61-52(63-36)56(8)24-28(3)55(6,7)68(56)50(70)46(65-54(72)74-10)34-18-29(4)75-30(5)19-34/h13,15-16,21,27-30,32-34,36-41,44-47,49-51,53-54,64-65,69-72H,11-12,14,17-20,22-26H2,1-10H3,(H,60,62)(H,61,63)/t28?,29-,30+,32-,33+,34?,36-,37?,38?,39+,40+,41?,44-,45+,46?,49+,50?,51?,53?,54-,56-/m1/s1. The first-order valence-corrected chi connectivity index (χ1v) is 29.4. The monoisotopic (exact) mass is 1100 g/mol. The molecule has 0 radical (unpaired) electrons. The summed E-state index contributed by atoms with van der Waals surface area (Å²) in [4.78, 5) is 17.5. The van der Waals surface area contributed by atoms with Crippen LogP contribution in [0.5, 0.6) is 0 Å². The van der Waals surface area contributed by atoms with Crippen molar-refractivity contribution in [3.63, 3.8) is 0 Å². The average molecular weight is 1100 g/mol. The number of nitrogens with one attached hydrogen (secondary N) is 4. The van der Waals surface area contributed by atoms with Gasteiger partial charge >= 0.3 is 0 Å².